The fraction of sp³-hybridized carbons (Fsp3) is 0.214. The molecule has 1 aromatic carbocycles. The van der Waals surface area contributed by atoms with Gasteiger partial charge in [0.1, 0.15) is 11.6 Å². The zero-order chi connectivity index (χ0) is 15.5. The van der Waals surface area contributed by atoms with Crippen molar-refractivity contribution in [2.45, 2.75) is 24.8 Å². The second kappa shape index (κ2) is 6.09. The van der Waals surface area contributed by atoms with E-state index < -0.39 is 15.8 Å². The van der Waals surface area contributed by atoms with Crippen LogP contribution in [0.5, 0.6) is 0 Å². The van der Waals surface area contributed by atoms with Crippen molar-refractivity contribution >= 4 is 21.5 Å². The van der Waals surface area contributed by atoms with Crippen LogP contribution < -0.4 is 10.0 Å². The fourth-order valence-corrected chi connectivity index (χ4v) is 2.71. The molecule has 2 rings (SSSR count). The van der Waals surface area contributed by atoms with E-state index in [1.165, 1.54) is 18.3 Å². The fourth-order valence-electron chi connectivity index (χ4n) is 1.66. The van der Waals surface area contributed by atoms with E-state index in [9.17, 15) is 12.8 Å². The van der Waals surface area contributed by atoms with Gasteiger partial charge in [-0.15, -0.1) is 0 Å². The molecule has 21 heavy (non-hydrogen) atoms. The number of anilines is 2. The van der Waals surface area contributed by atoms with Crippen LogP contribution in [0.3, 0.4) is 0 Å². The highest BCUT2D eigenvalue weighted by Crippen LogP contribution is 2.17. The lowest BCUT2D eigenvalue weighted by atomic mass is 10.3. The Morgan fingerprint density at radius 1 is 1.10 bits per heavy atom. The van der Waals surface area contributed by atoms with E-state index in [1.807, 2.05) is 13.8 Å². The van der Waals surface area contributed by atoms with E-state index in [4.69, 9.17) is 0 Å². The molecule has 0 saturated heterocycles. The van der Waals surface area contributed by atoms with Crippen molar-refractivity contribution in [3.8, 4) is 0 Å². The Hall–Kier alpha value is -2.15. The highest BCUT2D eigenvalue weighted by atomic mass is 32.2. The molecule has 1 heterocycles. The molecule has 0 aliphatic rings. The zero-order valence-corrected chi connectivity index (χ0v) is 12.5. The zero-order valence-electron chi connectivity index (χ0n) is 11.7. The number of pyridine rings is 1. The first-order valence-electron chi connectivity index (χ1n) is 6.38. The molecular weight excluding hydrogens is 293 g/mol. The molecule has 1 aromatic heterocycles. The molecule has 0 amide bonds. The van der Waals surface area contributed by atoms with Gasteiger partial charge in [0.2, 0.25) is 0 Å². The number of benzene rings is 1. The summed E-state index contributed by atoms with van der Waals surface area (Å²) in [4.78, 5) is 4.11. The molecule has 0 fully saturated rings. The molecule has 2 aromatic rings. The minimum Gasteiger partial charge on any atom is -0.368 e. The number of rotatable bonds is 5. The van der Waals surface area contributed by atoms with Crippen LogP contribution in [-0.4, -0.2) is 19.4 Å². The summed E-state index contributed by atoms with van der Waals surface area (Å²) < 4.78 is 39.4. The molecule has 0 aliphatic carbocycles. The number of halogens is 1. The van der Waals surface area contributed by atoms with Crippen molar-refractivity contribution in [2.75, 3.05) is 10.0 Å². The van der Waals surface area contributed by atoms with Crippen LogP contribution in [0.2, 0.25) is 0 Å². The SMILES string of the molecule is CC(C)Nc1ccc(NS(=O)(=O)c2ccc(F)cc2)cn1. The third-order valence-corrected chi connectivity index (χ3v) is 3.97. The van der Waals surface area contributed by atoms with Crippen molar-refractivity contribution in [3.63, 3.8) is 0 Å². The first-order chi connectivity index (χ1) is 9.87. The summed E-state index contributed by atoms with van der Waals surface area (Å²) in [5, 5.41) is 3.10. The lowest BCUT2D eigenvalue weighted by Crippen LogP contribution is -2.14. The standard InChI is InChI=1S/C14H16FN3O2S/c1-10(2)17-14-8-5-12(9-16-14)18-21(19,20)13-6-3-11(15)4-7-13/h3-10,18H,1-2H3,(H,16,17). The second-order valence-electron chi connectivity index (χ2n) is 4.79. The smallest absolute Gasteiger partial charge is 0.261 e. The van der Waals surface area contributed by atoms with E-state index in [0.717, 1.165) is 12.1 Å². The van der Waals surface area contributed by atoms with Crippen molar-refractivity contribution in [1.82, 2.24) is 4.98 Å². The quantitative estimate of drug-likeness (QED) is 0.891. The monoisotopic (exact) mass is 309 g/mol. The average molecular weight is 309 g/mol. The molecule has 2 N–H and O–H groups in total. The van der Waals surface area contributed by atoms with Gasteiger partial charge in [0.05, 0.1) is 16.8 Å². The molecule has 0 unspecified atom stereocenters. The van der Waals surface area contributed by atoms with Gasteiger partial charge < -0.3 is 5.32 Å². The van der Waals surface area contributed by atoms with E-state index in [-0.39, 0.29) is 10.9 Å². The maximum Gasteiger partial charge on any atom is 0.261 e. The maximum absolute atomic E-state index is 12.8. The number of hydrogen-bond acceptors (Lipinski definition) is 4. The lowest BCUT2D eigenvalue weighted by Gasteiger charge is -2.11. The Morgan fingerprint density at radius 3 is 2.29 bits per heavy atom. The molecule has 0 saturated carbocycles. The molecular formula is C14H16FN3O2S. The van der Waals surface area contributed by atoms with Crippen molar-refractivity contribution in [1.29, 1.82) is 0 Å². The minimum absolute atomic E-state index is 0.00622. The predicted octanol–water partition coefficient (Wildman–Crippen LogP) is 2.84. The van der Waals surface area contributed by atoms with Gasteiger partial charge in [-0.2, -0.15) is 0 Å². The number of nitrogens with one attached hydrogen (secondary N) is 2. The Labute approximate surface area is 123 Å². The number of hydrogen-bond donors (Lipinski definition) is 2. The molecule has 5 nitrogen and oxygen atoms in total. The van der Waals surface area contributed by atoms with Gasteiger partial charge in [0, 0.05) is 6.04 Å². The first kappa shape index (κ1) is 15.2. The third kappa shape index (κ3) is 4.16. The molecule has 0 radical (unpaired) electrons. The van der Waals surface area contributed by atoms with Gasteiger partial charge in [-0.05, 0) is 50.2 Å². The minimum atomic E-state index is -3.74. The molecule has 112 valence electrons. The van der Waals surface area contributed by atoms with Gasteiger partial charge in [0.15, 0.2) is 0 Å². The Morgan fingerprint density at radius 2 is 1.76 bits per heavy atom. The summed E-state index contributed by atoms with van der Waals surface area (Å²) in [5.41, 5.74) is 0.341. The van der Waals surface area contributed by atoms with E-state index >= 15 is 0 Å². The lowest BCUT2D eigenvalue weighted by molar-refractivity contribution is 0.599. The Balaban J connectivity index is 2.15. The second-order valence-corrected chi connectivity index (χ2v) is 6.47. The third-order valence-electron chi connectivity index (χ3n) is 2.58. The van der Waals surface area contributed by atoms with Crippen LogP contribution >= 0.6 is 0 Å². The maximum atomic E-state index is 12.8. The molecule has 0 spiro atoms. The summed E-state index contributed by atoms with van der Waals surface area (Å²) >= 11 is 0. The van der Waals surface area contributed by atoms with E-state index in [1.54, 1.807) is 12.1 Å². The van der Waals surface area contributed by atoms with Crippen LogP contribution in [0.25, 0.3) is 0 Å². The van der Waals surface area contributed by atoms with Crippen LogP contribution in [0.4, 0.5) is 15.9 Å². The van der Waals surface area contributed by atoms with Crippen molar-refractivity contribution < 1.29 is 12.8 Å². The van der Waals surface area contributed by atoms with Gasteiger partial charge in [-0.25, -0.2) is 17.8 Å². The van der Waals surface area contributed by atoms with Crippen LogP contribution in [0.15, 0.2) is 47.5 Å². The summed E-state index contributed by atoms with van der Waals surface area (Å²) in [6.45, 7) is 3.96. The highest BCUT2D eigenvalue weighted by Gasteiger charge is 2.14. The predicted molar refractivity (Wildman–Crippen MR) is 80.2 cm³/mol. The first-order valence-corrected chi connectivity index (χ1v) is 7.86. The van der Waals surface area contributed by atoms with Gasteiger partial charge in [-0.1, -0.05) is 0 Å². The number of aromatic nitrogens is 1. The van der Waals surface area contributed by atoms with E-state index in [2.05, 4.69) is 15.0 Å². The van der Waals surface area contributed by atoms with Crippen molar-refractivity contribution in [2.24, 2.45) is 0 Å². The Bertz CT molecular complexity index is 698. The van der Waals surface area contributed by atoms with Gasteiger partial charge >= 0.3 is 0 Å². The van der Waals surface area contributed by atoms with Gasteiger partial charge in [-0.3, -0.25) is 4.72 Å². The highest BCUT2D eigenvalue weighted by molar-refractivity contribution is 7.92. The molecule has 7 heteroatoms. The van der Waals surface area contributed by atoms with Crippen LogP contribution in [0.1, 0.15) is 13.8 Å². The van der Waals surface area contributed by atoms with E-state index in [0.29, 0.717) is 11.5 Å². The molecule has 0 bridgehead atoms. The summed E-state index contributed by atoms with van der Waals surface area (Å²) in [6, 6.07) is 8.14. The van der Waals surface area contributed by atoms with Crippen LogP contribution in [0, 0.1) is 5.82 Å². The number of nitrogens with zero attached hydrogens (tertiary/aromatic N) is 1. The molecule has 0 aliphatic heterocycles. The number of sulfonamides is 1. The topological polar surface area (TPSA) is 71.1 Å². The normalized spacial score (nSPS) is 11.4. The summed E-state index contributed by atoms with van der Waals surface area (Å²) in [6.07, 6.45) is 1.42. The Kier molecular flexibility index (Phi) is 4.42. The summed E-state index contributed by atoms with van der Waals surface area (Å²) in [7, 11) is -3.74. The van der Waals surface area contributed by atoms with Crippen molar-refractivity contribution in [3.05, 3.63) is 48.4 Å². The van der Waals surface area contributed by atoms with Crippen LogP contribution in [-0.2, 0) is 10.0 Å². The largest absolute Gasteiger partial charge is 0.368 e. The van der Waals surface area contributed by atoms with Gasteiger partial charge in [0.25, 0.3) is 10.0 Å². The average Bonchev–Trinajstić information content (AvgIpc) is 2.40. The molecule has 0 atom stereocenters. The summed E-state index contributed by atoms with van der Waals surface area (Å²) in [5.74, 6) is 0.175.